The average molecular weight is 465 g/mol. The molecule has 0 aromatic rings. The van der Waals surface area contributed by atoms with Crippen molar-refractivity contribution in [2.24, 2.45) is 52.3 Å². The van der Waals surface area contributed by atoms with Crippen LogP contribution in [-0.4, -0.2) is 23.8 Å². The van der Waals surface area contributed by atoms with Gasteiger partial charge in [-0.2, -0.15) is 0 Å². The molecule has 1 aliphatic heterocycles. The van der Waals surface area contributed by atoms with Gasteiger partial charge in [-0.05, 0) is 118 Å². The van der Waals surface area contributed by atoms with Gasteiger partial charge in [-0.15, -0.1) is 0 Å². The van der Waals surface area contributed by atoms with Crippen LogP contribution in [0.2, 0.25) is 0 Å². The average Bonchev–Trinajstić information content (AvgIpc) is 3.13. The topological polar surface area (TPSA) is 58.2 Å². The molecule has 1 amide bonds. The minimum atomic E-state index is 0.113. The second kappa shape index (κ2) is 7.13. The molecule has 3 unspecified atom stereocenters. The van der Waals surface area contributed by atoms with Crippen LogP contribution in [0.15, 0.2) is 11.3 Å². The number of carbonyl (C=O) groups is 2. The number of hydrogen-bond donors (Lipinski definition) is 2. The maximum Gasteiger partial charge on any atom is 0.224 e. The summed E-state index contributed by atoms with van der Waals surface area (Å²) in [7, 11) is 0. The molecule has 1 heterocycles. The Kier molecular flexibility index (Phi) is 4.60. The molecular formula is C30H44N2O2. The third-order valence-electron chi connectivity index (χ3n) is 12.7. The van der Waals surface area contributed by atoms with Gasteiger partial charge in [0.1, 0.15) is 0 Å². The van der Waals surface area contributed by atoms with Gasteiger partial charge in [0, 0.05) is 41.1 Å². The van der Waals surface area contributed by atoms with Crippen LogP contribution in [-0.2, 0) is 9.59 Å². The van der Waals surface area contributed by atoms with E-state index in [1.165, 1.54) is 63.5 Å². The maximum absolute atomic E-state index is 13.9. The van der Waals surface area contributed by atoms with E-state index >= 15 is 0 Å². The lowest BCUT2D eigenvalue weighted by atomic mass is 9.49. The molecule has 6 saturated carbocycles. The highest BCUT2D eigenvalue weighted by Gasteiger charge is 2.61. The summed E-state index contributed by atoms with van der Waals surface area (Å²) in [6.45, 7) is 7.92. The standard InChI is InChI=1S/C30H44N2O2/c1-17-25(33)7-9-29(3)23-6-8-28(2)22(21(23)16-31-26(17)29)4-5-24(28)27(34)32-30-13-18-10-19(14-30)12-20(11-18)15-30/h18-24,31H,4-16H2,1-3H3,(H,32,34)/t18?,19?,20?,21?,22?,23?,24-,28+,29-,30?/m1/s1. The summed E-state index contributed by atoms with van der Waals surface area (Å²) < 4.78 is 0. The van der Waals surface area contributed by atoms with Gasteiger partial charge in [-0.1, -0.05) is 13.8 Å². The van der Waals surface area contributed by atoms with Crippen LogP contribution in [0.5, 0.6) is 0 Å². The third kappa shape index (κ3) is 2.89. The number of allylic oxidation sites excluding steroid dienone is 2. The van der Waals surface area contributed by atoms with Crippen LogP contribution < -0.4 is 10.6 Å². The van der Waals surface area contributed by atoms with Crippen molar-refractivity contribution in [3.05, 3.63) is 11.3 Å². The number of fused-ring (bicyclic) bond motifs is 5. The van der Waals surface area contributed by atoms with Gasteiger partial charge in [0.05, 0.1) is 0 Å². The molecular weight excluding hydrogens is 420 g/mol. The summed E-state index contributed by atoms with van der Waals surface area (Å²) in [5.41, 5.74) is 2.61. The molecule has 6 atom stereocenters. The Hall–Kier alpha value is -1.32. The molecule has 0 aromatic heterocycles. The normalized spacial score (nSPS) is 53.1. The van der Waals surface area contributed by atoms with Crippen molar-refractivity contribution in [2.45, 2.75) is 103 Å². The molecule has 8 aliphatic rings. The van der Waals surface area contributed by atoms with Crippen LogP contribution in [0.4, 0.5) is 0 Å². The predicted molar refractivity (Wildman–Crippen MR) is 133 cm³/mol. The van der Waals surface area contributed by atoms with Crippen molar-refractivity contribution in [3.63, 3.8) is 0 Å². The van der Waals surface area contributed by atoms with Crippen LogP contribution in [0.25, 0.3) is 0 Å². The largest absolute Gasteiger partial charge is 0.387 e. The van der Waals surface area contributed by atoms with E-state index in [-0.39, 0.29) is 22.3 Å². The van der Waals surface area contributed by atoms with Crippen LogP contribution in [0, 0.1) is 52.3 Å². The van der Waals surface area contributed by atoms with E-state index < -0.39 is 0 Å². The van der Waals surface area contributed by atoms with Crippen molar-refractivity contribution in [2.75, 3.05) is 6.54 Å². The predicted octanol–water partition coefficient (Wildman–Crippen LogP) is 5.38. The number of rotatable bonds is 2. The number of piperidine rings is 1. The summed E-state index contributed by atoms with van der Waals surface area (Å²) >= 11 is 0. The molecule has 4 nitrogen and oxygen atoms in total. The first-order valence-corrected chi connectivity index (χ1v) is 14.5. The third-order valence-corrected chi connectivity index (χ3v) is 12.7. The molecule has 186 valence electrons. The molecule has 8 rings (SSSR count). The first-order valence-electron chi connectivity index (χ1n) is 14.5. The van der Waals surface area contributed by atoms with E-state index in [0.717, 1.165) is 42.7 Å². The number of Topliss-reactive ketones (excluding diaryl/α,β-unsaturated/α-hetero) is 1. The lowest BCUT2D eigenvalue weighted by molar-refractivity contribution is -0.138. The Morgan fingerprint density at radius 2 is 1.62 bits per heavy atom. The molecule has 2 N–H and O–H groups in total. The number of ketones is 1. The minimum absolute atomic E-state index is 0.113. The first-order chi connectivity index (χ1) is 16.2. The van der Waals surface area contributed by atoms with E-state index in [0.29, 0.717) is 35.9 Å². The van der Waals surface area contributed by atoms with Gasteiger partial charge in [0.25, 0.3) is 0 Å². The molecule has 7 fully saturated rings. The van der Waals surface area contributed by atoms with Crippen molar-refractivity contribution in [3.8, 4) is 0 Å². The highest BCUT2D eigenvalue weighted by Crippen LogP contribution is 2.65. The van der Waals surface area contributed by atoms with Gasteiger partial charge in [0.15, 0.2) is 5.78 Å². The van der Waals surface area contributed by atoms with E-state index in [1.807, 2.05) is 6.92 Å². The number of nitrogens with one attached hydrogen (secondary N) is 2. The fourth-order valence-electron chi connectivity index (χ4n) is 11.6. The zero-order chi connectivity index (χ0) is 23.5. The lowest BCUT2D eigenvalue weighted by Gasteiger charge is -2.59. The van der Waals surface area contributed by atoms with E-state index in [9.17, 15) is 9.59 Å². The molecule has 1 saturated heterocycles. The second-order valence-corrected chi connectivity index (χ2v) is 14.5. The molecule has 34 heavy (non-hydrogen) atoms. The number of amides is 1. The van der Waals surface area contributed by atoms with Crippen LogP contribution in [0.1, 0.15) is 97.8 Å². The zero-order valence-electron chi connectivity index (χ0n) is 21.6. The smallest absolute Gasteiger partial charge is 0.224 e. The van der Waals surface area contributed by atoms with Gasteiger partial charge in [-0.3, -0.25) is 9.59 Å². The monoisotopic (exact) mass is 464 g/mol. The fraction of sp³-hybridized carbons (Fsp3) is 0.867. The zero-order valence-corrected chi connectivity index (χ0v) is 21.6. The summed E-state index contributed by atoms with van der Waals surface area (Å²) in [6.07, 6.45) is 14.4. The SMILES string of the molecule is CC1=C2NCC3C(CC[C@@]4(C)C3CC[C@@H]4C(=O)NC34CC5CC(CC(C5)C3)C4)[C@@]2(C)CCC1=O. The molecule has 0 spiro atoms. The highest BCUT2D eigenvalue weighted by atomic mass is 16.2. The Bertz CT molecular complexity index is 932. The molecule has 0 aromatic carbocycles. The molecule has 4 heteroatoms. The van der Waals surface area contributed by atoms with E-state index in [1.54, 1.807) is 0 Å². The van der Waals surface area contributed by atoms with Gasteiger partial charge in [-0.25, -0.2) is 0 Å². The Labute approximate surface area is 205 Å². The minimum Gasteiger partial charge on any atom is -0.387 e. The Balaban J connectivity index is 1.12. The van der Waals surface area contributed by atoms with Crippen molar-refractivity contribution >= 4 is 11.7 Å². The van der Waals surface area contributed by atoms with E-state index in [2.05, 4.69) is 24.5 Å². The van der Waals surface area contributed by atoms with Gasteiger partial charge in [0.2, 0.25) is 5.91 Å². The molecule has 7 aliphatic carbocycles. The highest BCUT2D eigenvalue weighted by molar-refractivity contribution is 5.96. The summed E-state index contributed by atoms with van der Waals surface area (Å²) in [4.78, 5) is 26.4. The second-order valence-electron chi connectivity index (χ2n) is 14.5. The van der Waals surface area contributed by atoms with Crippen LogP contribution >= 0.6 is 0 Å². The van der Waals surface area contributed by atoms with Gasteiger partial charge >= 0.3 is 0 Å². The summed E-state index contributed by atoms with van der Waals surface area (Å²) in [5.74, 6) is 5.44. The van der Waals surface area contributed by atoms with E-state index in [4.69, 9.17) is 0 Å². The van der Waals surface area contributed by atoms with Crippen LogP contribution in [0.3, 0.4) is 0 Å². The quantitative estimate of drug-likeness (QED) is 0.577. The summed E-state index contributed by atoms with van der Waals surface area (Å²) in [5, 5.41) is 7.54. The molecule has 4 bridgehead atoms. The first kappa shape index (κ1) is 21.9. The Morgan fingerprint density at radius 1 is 0.941 bits per heavy atom. The van der Waals surface area contributed by atoms with Crippen molar-refractivity contribution in [1.29, 1.82) is 0 Å². The summed E-state index contributed by atoms with van der Waals surface area (Å²) in [6, 6.07) is 0. The Morgan fingerprint density at radius 3 is 2.29 bits per heavy atom. The number of carbonyl (C=O) groups excluding carboxylic acids is 2. The molecule has 0 radical (unpaired) electrons. The fourth-order valence-corrected chi connectivity index (χ4v) is 11.6. The lowest BCUT2D eigenvalue weighted by Crippen LogP contribution is -2.62. The van der Waals surface area contributed by atoms with Crippen molar-refractivity contribution < 1.29 is 9.59 Å². The van der Waals surface area contributed by atoms with Crippen molar-refractivity contribution in [1.82, 2.24) is 10.6 Å². The van der Waals surface area contributed by atoms with Gasteiger partial charge < -0.3 is 10.6 Å². The number of hydrogen-bond acceptors (Lipinski definition) is 3. The maximum atomic E-state index is 13.9.